The molecule has 1 aliphatic heterocycles. The molecule has 1 aromatic carbocycles. The van der Waals surface area contributed by atoms with Gasteiger partial charge in [-0.3, -0.25) is 9.59 Å². The molecule has 1 aromatic rings. The maximum atomic E-state index is 12.2. The minimum absolute atomic E-state index is 0.0889. The third kappa shape index (κ3) is 3.34. The summed E-state index contributed by atoms with van der Waals surface area (Å²) in [5.41, 5.74) is 2.24. The van der Waals surface area contributed by atoms with Gasteiger partial charge in [0.15, 0.2) is 0 Å². The Labute approximate surface area is 114 Å². The first-order chi connectivity index (χ1) is 9.08. The smallest absolute Gasteiger partial charge is 0.227 e. The molecule has 1 heterocycles. The molecule has 1 aliphatic rings. The van der Waals surface area contributed by atoms with E-state index in [-0.39, 0.29) is 11.8 Å². The largest absolute Gasteiger partial charge is 0.339 e. The SMILES string of the molecule is CC(=O)N1CCN(C(=O)Cc2ccccc2C)CC1. The van der Waals surface area contributed by atoms with Crippen LogP contribution in [-0.2, 0) is 16.0 Å². The van der Waals surface area contributed by atoms with E-state index in [1.807, 2.05) is 36.1 Å². The first kappa shape index (κ1) is 13.6. The van der Waals surface area contributed by atoms with E-state index in [9.17, 15) is 9.59 Å². The van der Waals surface area contributed by atoms with E-state index in [0.29, 0.717) is 32.6 Å². The van der Waals surface area contributed by atoms with Crippen LogP contribution in [0.5, 0.6) is 0 Å². The van der Waals surface area contributed by atoms with Crippen molar-refractivity contribution in [2.24, 2.45) is 0 Å². The fourth-order valence-electron chi connectivity index (χ4n) is 2.35. The van der Waals surface area contributed by atoms with Crippen molar-refractivity contribution >= 4 is 11.8 Å². The van der Waals surface area contributed by atoms with Gasteiger partial charge < -0.3 is 9.80 Å². The molecule has 102 valence electrons. The zero-order chi connectivity index (χ0) is 13.8. The minimum atomic E-state index is 0.0889. The molecule has 0 radical (unpaired) electrons. The van der Waals surface area contributed by atoms with Crippen LogP contribution in [0.15, 0.2) is 24.3 Å². The van der Waals surface area contributed by atoms with Gasteiger partial charge in [-0.05, 0) is 18.1 Å². The average molecular weight is 260 g/mol. The molecular formula is C15H20N2O2. The number of piperazine rings is 1. The van der Waals surface area contributed by atoms with Crippen LogP contribution in [0.25, 0.3) is 0 Å². The van der Waals surface area contributed by atoms with Crippen molar-refractivity contribution in [1.82, 2.24) is 9.80 Å². The second-order valence-electron chi connectivity index (χ2n) is 4.99. The van der Waals surface area contributed by atoms with E-state index >= 15 is 0 Å². The molecule has 0 aromatic heterocycles. The van der Waals surface area contributed by atoms with E-state index in [4.69, 9.17) is 0 Å². The van der Waals surface area contributed by atoms with Gasteiger partial charge >= 0.3 is 0 Å². The third-order valence-corrected chi connectivity index (χ3v) is 3.68. The van der Waals surface area contributed by atoms with Crippen molar-refractivity contribution in [3.8, 4) is 0 Å². The van der Waals surface area contributed by atoms with Gasteiger partial charge in [-0.25, -0.2) is 0 Å². The number of carbonyl (C=O) groups excluding carboxylic acids is 2. The van der Waals surface area contributed by atoms with Crippen LogP contribution in [-0.4, -0.2) is 47.8 Å². The highest BCUT2D eigenvalue weighted by molar-refractivity contribution is 5.80. The van der Waals surface area contributed by atoms with Crippen LogP contribution < -0.4 is 0 Å². The van der Waals surface area contributed by atoms with Crippen molar-refractivity contribution in [2.45, 2.75) is 20.3 Å². The molecule has 2 rings (SSSR count). The molecule has 0 atom stereocenters. The summed E-state index contributed by atoms with van der Waals surface area (Å²) in [6.07, 6.45) is 0.451. The lowest BCUT2D eigenvalue weighted by Crippen LogP contribution is -2.50. The van der Waals surface area contributed by atoms with E-state index in [1.165, 1.54) is 0 Å². The lowest BCUT2D eigenvalue weighted by molar-refractivity contribution is -0.138. The normalized spacial score (nSPS) is 15.5. The fraction of sp³-hybridized carbons (Fsp3) is 0.467. The first-order valence-corrected chi connectivity index (χ1v) is 6.65. The first-order valence-electron chi connectivity index (χ1n) is 6.65. The molecule has 0 aliphatic carbocycles. The van der Waals surface area contributed by atoms with E-state index in [0.717, 1.165) is 11.1 Å². The minimum Gasteiger partial charge on any atom is -0.339 e. The second-order valence-corrected chi connectivity index (χ2v) is 4.99. The summed E-state index contributed by atoms with van der Waals surface area (Å²) >= 11 is 0. The number of rotatable bonds is 2. The van der Waals surface area contributed by atoms with Crippen molar-refractivity contribution in [3.05, 3.63) is 35.4 Å². The van der Waals surface area contributed by atoms with E-state index in [2.05, 4.69) is 0 Å². The highest BCUT2D eigenvalue weighted by atomic mass is 16.2. The Bertz CT molecular complexity index is 477. The topological polar surface area (TPSA) is 40.6 Å². The second kappa shape index (κ2) is 5.87. The Balaban J connectivity index is 1.92. The van der Waals surface area contributed by atoms with Crippen LogP contribution in [0.1, 0.15) is 18.1 Å². The summed E-state index contributed by atoms with van der Waals surface area (Å²) in [4.78, 5) is 27.1. The van der Waals surface area contributed by atoms with Crippen LogP contribution in [0.4, 0.5) is 0 Å². The Morgan fingerprint density at radius 1 is 1.05 bits per heavy atom. The van der Waals surface area contributed by atoms with Gasteiger partial charge in [-0.15, -0.1) is 0 Å². The Morgan fingerprint density at radius 2 is 1.63 bits per heavy atom. The molecule has 4 heteroatoms. The highest BCUT2D eigenvalue weighted by Crippen LogP contribution is 2.11. The van der Waals surface area contributed by atoms with Gasteiger partial charge in [0.05, 0.1) is 6.42 Å². The Kier molecular flexibility index (Phi) is 4.20. The molecule has 1 saturated heterocycles. The van der Waals surface area contributed by atoms with Gasteiger partial charge in [-0.1, -0.05) is 24.3 Å². The number of hydrogen-bond donors (Lipinski definition) is 0. The lowest BCUT2D eigenvalue weighted by Gasteiger charge is -2.34. The van der Waals surface area contributed by atoms with Gasteiger partial charge in [0.2, 0.25) is 11.8 Å². The molecule has 19 heavy (non-hydrogen) atoms. The molecule has 0 spiro atoms. The summed E-state index contributed by atoms with van der Waals surface area (Å²) < 4.78 is 0. The summed E-state index contributed by atoms with van der Waals surface area (Å²) in [6, 6.07) is 7.97. The number of hydrogen-bond acceptors (Lipinski definition) is 2. The molecule has 0 unspecified atom stereocenters. The van der Waals surface area contributed by atoms with Crippen molar-refractivity contribution in [2.75, 3.05) is 26.2 Å². The summed E-state index contributed by atoms with van der Waals surface area (Å²) in [5, 5.41) is 0. The maximum Gasteiger partial charge on any atom is 0.227 e. The molecule has 1 fully saturated rings. The molecule has 2 amide bonds. The number of benzene rings is 1. The quantitative estimate of drug-likeness (QED) is 0.802. The predicted octanol–water partition coefficient (Wildman–Crippen LogP) is 1.23. The number of carbonyl (C=O) groups is 2. The van der Waals surface area contributed by atoms with Gasteiger partial charge in [0.1, 0.15) is 0 Å². The van der Waals surface area contributed by atoms with Gasteiger partial charge in [0.25, 0.3) is 0 Å². The number of nitrogens with zero attached hydrogens (tertiary/aromatic N) is 2. The zero-order valence-electron chi connectivity index (χ0n) is 11.6. The van der Waals surface area contributed by atoms with Gasteiger partial charge in [0, 0.05) is 33.1 Å². The maximum absolute atomic E-state index is 12.2. The highest BCUT2D eigenvalue weighted by Gasteiger charge is 2.22. The Hall–Kier alpha value is -1.84. The molecule has 0 saturated carbocycles. The number of aryl methyl sites for hydroxylation is 1. The summed E-state index contributed by atoms with van der Waals surface area (Å²) in [7, 11) is 0. The lowest BCUT2D eigenvalue weighted by atomic mass is 10.1. The standard InChI is InChI=1S/C15H20N2O2/c1-12-5-3-4-6-14(12)11-15(19)17-9-7-16(8-10-17)13(2)18/h3-6H,7-11H2,1-2H3. The predicted molar refractivity (Wildman–Crippen MR) is 73.7 cm³/mol. The summed E-state index contributed by atoms with van der Waals surface area (Å²) in [5.74, 6) is 0.239. The van der Waals surface area contributed by atoms with Crippen molar-refractivity contribution in [3.63, 3.8) is 0 Å². The van der Waals surface area contributed by atoms with Crippen molar-refractivity contribution < 1.29 is 9.59 Å². The van der Waals surface area contributed by atoms with Gasteiger partial charge in [-0.2, -0.15) is 0 Å². The molecule has 4 nitrogen and oxygen atoms in total. The number of amides is 2. The zero-order valence-corrected chi connectivity index (χ0v) is 11.6. The van der Waals surface area contributed by atoms with Crippen LogP contribution in [0.2, 0.25) is 0 Å². The average Bonchev–Trinajstić information content (AvgIpc) is 2.41. The van der Waals surface area contributed by atoms with Crippen LogP contribution >= 0.6 is 0 Å². The molecule has 0 bridgehead atoms. The third-order valence-electron chi connectivity index (χ3n) is 3.68. The fourth-order valence-corrected chi connectivity index (χ4v) is 2.35. The van der Waals surface area contributed by atoms with E-state index < -0.39 is 0 Å². The molecule has 0 N–H and O–H groups in total. The summed E-state index contributed by atoms with van der Waals surface area (Å²) in [6.45, 7) is 6.18. The molecular weight excluding hydrogens is 240 g/mol. The monoisotopic (exact) mass is 260 g/mol. The van der Waals surface area contributed by atoms with E-state index in [1.54, 1.807) is 11.8 Å². The van der Waals surface area contributed by atoms with Crippen molar-refractivity contribution in [1.29, 1.82) is 0 Å². The van der Waals surface area contributed by atoms with Crippen LogP contribution in [0.3, 0.4) is 0 Å². The Morgan fingerprint density at radius 3 is 2.21 bits per heavy atom. The van der Waals surface area contributed by atoms with Crippen LogP contribution in [0, 0.1) is 6.92 Å².